The van der Waals surface area contributed by atoms with E-state index in [-0.39, 0.29) is 11.3 Å². The van der Waals surface area contributed by atoms with E-state index < -0.39 is 0 Å². The van der Waals surface area contributed by atoms with Gasteiger partial charge in [-0.1, -0.05) is 18.7 Å². The van der Waals surface area contributed by atoms with Crippen molar-refractivity contribution in [1.29, 1.82) is 5.26 Å². The van der Waals surface area contributed by atoms with Crippen LogP contribution in [0.25, 0.3) is 15.8 Å². The number of hydrogen-bond donors (Lipinski definition) is 1. The summed E-state index contributed by atoms with van der Waals surface area (Å²) in [6.45, 7) is 3.43. The van der Waals surface area contributed by atoms with E-state index in [2.05, 4.69) is 11.6 Å². The molecule has 0 radical (unpaired) electrons. The van der Waals surface area contributed by atoms with Crippen molar-refractivity contribution in [2.45, 2.75) is 0 Å². The van der Waals surface area contributed by atoms with Crippen molar-refractivity contribution in [3.05, 3.63) is 47.7 Å². The predicted molar refractivity (Wildman–Crippen MR) is 65.0 cm³/mol. The Hall–Kier alpha value is -2.12. The molecule has 78 valence electrons. The maximum atomic E-state index is 9.50. The number of para-hydroxylation sites is 1. The molecule has 2 aromatic rings. The Morgan fingerprint density at radius 3 is 2.88 bits per heavy atom. The van der Waals surface area contributed by atoms with Gasteiger partial charge in [-0.05, 0) is 18.2 Å². The maximum absolute atomic E-state index is 9.50. The predicted octanol–water partition coefficient (Wildman–Crippen LogP) is 3.27. The lowest BCUT2D eigenvalue weighted by Crippen LogP contribution is -1.85. The fourth-order valence-electron chi connectivity index (χ4n) is 1.30. The Bertz CT molecular complexity index is 586. The van der Waals surface area contributed by atoms with Gasteiger partial charge in [0.15, 0.2) is 0 Å². The van der Waals surface area contributed by atoms with Gasteiger partial charge in [0.1, 0.15) is 22.4 Å². The normalized spacial score (nSPS) is 11.9. The molecule has 1 N–H and O–H groups in total. The smallest absolute Gasteiger partial charge is 0.139 e. The highest BCUT2D eigenvalue weighted by atomic mass is 32.1. The summed E-state index contributed by atoms with van der Waals surface area (Å²) in [6.07, 6.45) is 1.24. The van der Waals surface area contributed by atoms with Crippen molar-refractivity contribution in [2.24, 2.45) is 0 Å². The van der Waals surface area contributed by atoms with Crippen LogP contribution >= 0.6 is 11.3 Å². The zero-order valence-electron chi connectivity index (χ0n) is 8.34. The van der Waals surface area contributed by atoms with Crippen LogP contribution in [0.5, 0.6) is 0 Å². The standard InChI is InChI=1S/C12H8N2OS/c1-2-10(15)8(7-13)12-14-9-5-3-4-6-11(9)16-12/h2-6,15H,1H2/b10-8+. The van der Waals surface area contributed by atoms with Crippen LogP contribution in [0.3, 0.4) is 0 Å². The van der Waals surface area contributed by atoms with E-state index in [9.17, 15) is 5.11 Å². The number of thiazole rings is 1. The van der Waals surface area contributed by atoms with Crippen molar-refractivity contribution in [3.63, 3.8) is 0 Å². The van der Waals surface area contributed by atoms with E-state index in [0.717, 1.165) is 10.2 Å². The van der Waals surface area contributed by atoms with E-state index >= 15 is 0 Å². The van der Waals surface area contributed by atoms with Crippen molar-refractivity contribution < 1.29 is 5.11 Å². The second-order valence-electron chi connectivity index (χ2n) is 3.06. The molecule has 0 spiro atoms. The van der Waals surface area contributed by atoms with E-state index in [0.29, 0.717) is 5.01 Å². The van der Waals surface area contributed by atoms with E-state index in [1.807, 2.05) is 30.3 Å². The van der Waals surface area contributed by atoms with Gasteiger partial charge in [-0.25, -0.2) is 4.98 Å². The van der Waals surface area contributed by atoms with Gasteiger partial charge in [0.25, 0.3) is 0 Å². The number of aliphatic hydroxyl groups excluding tert-OH is 1. The molecule has 0 atom stereocenters. The summed E-state index contributed by atoms with van der Waals surface area (Å²) in [7, 11) is 0. The number of aromatic nitrogens is 1. The first-order valence-corrected chi connectivity index (χ1v) is 5.39. The third kappa shape index (κ3) is 1.69. The van der Waals surface area contributed by atoms with Crippen LogP contribution in [0.2, 0.25) is 0 Å². The van der Waals surface area contributed by atoms with Gasteiger partial charge in [0.05, 0.1) is 10.2 Å². The largest absolute Gasteiger partial charge is 0.506 e. The second-order valence-corrected chi connectivity index (χ2v) is 4.09. The van der Waals surface area contributed by atoms with Crippen molar-refractivity contribution >= 4 is 27.1 Å². The Morgan fingerprint density at radius 1 is 1.50 bits per heavy atom. The first kappa shape index (κ1) is 10.4. The molecule has 2 rings (SSSR count). The van der Waals surface area contributed by atoms with Crippen molar-refractivity contribution in [3.8, 4) is 6.07 Å². The van der Waals surface area contributed by atoms with E-state index in [4.69, 9.17) is 5.26 Å². The number of aliphatic hydroxyl groups is 1. The highest BCUT2D eigenvalue weighted by Gasteiger charge is 2.11. The number of allylic oxidation sites excluding steroid dienone is 2. The average molecular weight is 228 g/mol. The summed E-state index contributed by atoms with van der Waals surface area (Å²) in [5.41, 5.74) is 0.989. The molecule has 1 aromatic carbocycles. The summed E-state index contributed by atoms with van der Waals surface area (Å²) in [4.78, 5) is 4.28. The minimum Gasteiger partial charge on any atom is -0.506 e. The summed E-state index contributed by atoms with van der Waals surface area (Å²) < 4.78 is 0.988. The van der Waals surface area contributed by atoms with Crippen LogP contribution in [0.1, 0.15) is 5.01 Å². The van der Waals surface area contributed by atoms with Crippen LogP contribution in [0.4, 0.5) is 0 Å². The Morgan fingerprint density at radius 2 is 2.25 bits per heavy atom. The molecule has 1 heterocycles. The lowest BCUT2D eigenvalue weighted by Gasteiger charge is -1.93. The molecule has 0 saturated heterocycles. The Kier molecular flexibility index (Phi) is 2.71. The number of nitriles is 1. The molecule has 0 unspecified atom stereocenters. The molecule has 0 aliphatic carbocycles. The lowest BCUT2D eigenvalue weighted by molar-refractivity contribution is 0.436. The van der Waals surface area contributed by atoms with Crippen LogP contribution in [-0.4, -0.2) is 10.1 Å². The van der Waals surface area contributed by atoms with Gasteiger partial charge in [-0.2, -0.15) is 5.26 Å². The van der Waals surface area contributed by atoms with Gasteiger partial charge >= 0.3 is 0 Å². The number of hydrogen-bond acceptors (Lipinski definition) is 4. The lowest BCUT2D eigenvalue weighted by atomic mass is 10.2. The molecule has 3 nitrogen and oxygen atoms in total. The fraction of sp³-hybridized carbons (Fsp3) is 0. The maximum Gasteiger partial charge on any atom is 0.139 e. The van der Waals surface area contributed by atoms with E-state index in [1.54, 1.807) is 0 Å². The average Bonchev–Trinajstić information content (AvgIpc) is 2.72. The molecule has 0 saturated carbocycles. The number of benzene rings is 1. The monoisotopic (exact) mass is 228 g/mol. The van der Waals surface area contributed by atoms with Gasteiger partial charge in [-0.15, -0.1) is 11.3 Å². The minimum absolute atomic E-state index is 0.137. The Labute approximate surface area is 96.6 Å². The van der Waals surface area contributed by atoms with Crippen LogP contribution in [-0.2, 0) is 0 Å². The van der Waals surface area contributed by atoms with Crippen molar-refractivity contribution in [1.82, 2.24) is 4.98 Å². The molecule has 16 heavy (non-hydrogen) atoms. The first-order valence-electron chi connectivity index (χ1n) is 4.58. The summed E-state index contributed by atoms with van der Waals surface area (Å²) in [5, 5.41) is 19.0. The molecule has 0 aliphatic heterocycles. The zero-order chi connectivity index (χ0) is 11.5. The van der Waals surface area contributed by atoms with Gasteiger partial charge < -0.3 is 5.11 Å². The Balaban J connectivity index is 2.64. The summed E-state index contributed by atoms with van der Waals surface area (Å²) in [6, 6.07) is 9.53. The zero-order valence-corrected chi connectivity index (χ0v) is 9.16. The summed E-state index contributed by atoms with van der Waals surface area (Å²) >= 11 is 1.37. The van der Waals surface area contributed by atoms with Crippen molar-refractivity contribution in [2.75, 3.05) is 0 Å². The second kappa shape index (κ2) is 4.17. The highest BCUT2D eigenvalue weighted by molar-refractivity contribution is 7.19. The molecule has 0 aliphatic rings. The molecule has 0 amide bonds. The number of nitrogens with zero attached hydrogens (tertiary/aromatic N) is 2. The van der Waals surface area contributed by atoms with Crippen LogP contribution < -0.4 is 0 Å². The topological polar surface area (TPSA) is 56.9 Å². The molecule has 0 fully saturated rings. The molecule has 0 bridgehead atoms. The van der Waals surface area contributed by atoms with Crippen LogP contribution in [0, 0.1) is 11.3 Å². The highest BCUT2D eigenvalue weighted by Crippen LogP contribution is 2.27. The van der Waals surface area contributed by atoms with Gasteiger partial charge in [-0.3, -0.25) is 0 Å². The fourth-order valence-corrected chi connectivity index (χ4v) is 2.27. The molecule has 1 aromatic heterocycles. The number of fused-ring (bicyclic) bond motifs is 1. The van der Waals surface area contributed by atoms with Crippen LogP contribution in [0.15, 0.2) is 42.7 Å². The molecular formula is C12H8N2OS. The first-order chi connectivity index (χ1) is 7.76. The van der Waals surface area contributed by atoms with E-state index in [1.165, 1.54) is 17.4 Å². The SMILES string of the molecule is C=C/C(O)=C(/C#N)c1nc2ccccc2s1. The third-order valence-electron chi connectivity index (χ3n) is 2.07. The third-order valence-corrected chi connectivity index (χ3v) is 3.12. The molecular weight excluding hydrogens is 220 g/mol. The van der Waals surface area contributed by atoms with Gasteiger partial charge in [0, 0.05) is 0 Å². The van der Waals surface area contributed by atoms with Gasteiger partial charge in [0.2, 0.25) is 0 Å². The minimum atomic E-state index is -0.137. The molecule has 4 heteroatoms. The quantitative estimate of drug-likeness (QED) is 0.487. The summed E-state index contributed by atoms with van der Waals surface area (Å²) in [5.74, 6) is -0.137. The number of rotatable bonds is 2.